The van der Waals surface area contributed by atoms with Crippen LogP contribution in [0.5, 0.6) is 0 Å². The summed E-state index contributed by atoms with van der Waals surface area (Å²) in [5.41, 5.74) is 0.855. The van der Waals surface area contributed by atoms with Crippen molar-refractivity contribution in [1.29, 1.82) is 0 Å². The summed E-state index contributed by atoms with van der Waals surface area (Å²) in [5, 5.41) is 6.06. The zero-order chi connectivity index (χ0) is 22.4. The average Bonchev–Trinajstić information content (AvgIpc) is 2.78. The maximum Gasteiger partial charge on any atom is 0.243 e. The van der Waals surface area contributed by atoms with Gasteiger partial charge in [0.25, 0.3) is 0 Å². The zero-order valence-electron chi connectivity index (χ0n) is 17.3. The minimum absolute atomic E-state index is 0.0971. The maximum absolute atomic E-state index is 12.9. The summed E-state index contributed by atoms with van der Waals surface area (Å²) >= 11 is 5.94. The van der Waals surface area contributed by atoms with Crippen molar-refractivity contribution >= 4 is 33.4 Å². The highest BCUT2D eigenvalue weighted by Gasteiger charge is 2.34. The largest absolute Gasteiger partial charge is 0.350 e. The molecule has 2 aromatic carbocycles. The first-order valence-electron chi connectivity index (χ1n) is 10.1. The lowest BCUT2D eigenvalue weighted by molar-refractivity contribution is -0.131. The molecular formula is C22H26ClN3O4S. The Morgan fingerprint density at radius 3 is 2.61 bits per heavy atom. The smallest absolute Gasteiger partial charge is 0.243 e. The molecule has 0 aromatic heterocycles. The second kappa shape index (κ2) is 10.3. The second-order valence-corrected chi connectivity index (χ2v) is 9.97. The van der Waals surface area contributed by atoms with Gasteiger partial charge in [0.2, 0.25) is 21.8 Å². The molecule has 0 unspecified atom stereocenters. The first kappa shape index (κ1) is 23.2. The maximum atomic E-state index is 12.9. The first-order chi connectivity index (χ1) is 14.8. The molecule has 2 atom stereocenters. The van der Waals surface area contributed by atoms with Gasteiger partial charge in [-0.05, 0) is 49.6 Å². The molecule has 1 aliphatic heterocycles. The summed E-state index contributed by atoms with van der Waals surface area (Å²) in [6.07, 6.45) is 1.16. The molecule has 1 fully saturated rings. The van der Waals surface area contributed by atoms with Gasteiger partial charge in [-0.2, -0.15) is 4.31 Å². The summed E-state index contributed by atoms with van der Waals surface area (Å²) in [4.78, 5) is 25.3. The van der Waals surface area contributed by atoms with E-state index in [2.05, 4.69) is 10.6 Å². The Morgan fingerprint density at radius 1 is 1.16 bits per heavy atom. The Balaban J connectivity index is 1.55. The van der Waals surface area contributed by atoms with Crippen molar-refractivity contribution in [3.05, 3.63) is 65.2 Å². The Labute approximate surface area is 187 Å². The summed E-state index contributed by atoms with van der Waals surface area (Å²) in [6, 6.07) is 14.6. The number of carbonyl (C=O) groups excluding carboxylic acids is 2. The van der Waals surface area contributed by atoms with E-state index in [1.54, 1.807) is 55.5 Å². The molecule has 0 bridgehead atoms. The topological polar surface area (TPSA) is 95.6 Å². The molecule has 1 aliphatic rings. The van der Waals surface area contributed by atoms with Crippen LogP contribution in [0.15, 0.2) is 59.5 Å². The van der Waals surface area contributed by atoms with Gasteiger partial charge in [0.15, 0.2) is 0 Å². The van der Waals surface area contributed by atoms with Crippen LogP contribution in [0.2, 0.25) is 5.02 Å². The molecule has 0 radical (unpaired) electrons. The molecule has 0 spiro atoms. The van der Waals surface area contributed by atoms with Crippen LogP contribution < -0.4 is 10.6 Å². The molecule has 2 N–H and O–H groups in total. The average molecular weight is 464 g/mol. The third-order valence-corrected chi connectivity index (χ3v) is 7.36. The monoisotopic (exact) mass is 463 g/mol. The molecule has 0 aliphatic carbocycles. The fraction of sp³-hybridized carbons (Fsp3) is 0.364. The van der Waals surface area contributed by atoms with Crippen LogP contribution in [0, 0.1) is 5.92 Å². The quantitative estimate of drug-likeness (QED) is 0.659. The third kappa shape index (κ3) is 6.06. The molecule has 9 heteroatoms. The van der Waals surface area contributed by atoms with E-state index in [4.69, 9.17) is 11.6 Å². The van der Waals surface area contributed by atoms with E-state index in [0.717, 1.165) is 5.56 Å². The zero-order valence-corrected chi connectivity index (χ0v) is 18.8. The SMILES string of the molecule is C[C@@H](NC(=O)[C@@H]1CCCN(S(=O)(=O)c2ccccc2)C1)C(=O)NCc1cccc(Cl)c1. The second-order valence-electron chi connectivity index (χ2n) is 7.59. The molecule has 2 amide bonds. The Hall–Kier alpha value is -2.42. The van der Waals surface area contributed by atoms with E-state index < -0.39 is 22.0 Å². The minimum Gasteiger partial charge on any atom is -0.350 e. The van der Waals surface area contributed by atoms with Crippen LogP contribution >= 0.6 is 11.6 Å². The van der Waals surface area contributed by atoms with E-state index in [0.29, 0.717) is 31.0 Å². The number of nitrogens with zero attached hydrogens (tertiary/aromatic N) is 1. The fourth-order valence-electron chi connectivity index (χ4n) is 3.50. The van der Waals surface area contributed by atoms with Gasteiger partial charge in [-0.3, -0.25) is 9.59 Å². The molecule has 7 nitrogen and oxygen atoms in total. The Morgan fingerprint density at radius 2 is 1.90 bits per heavy atom. The van der Waals surface area contributed by atoms with Crippen LogP contribution in [0.25, 0.3) is 0 Å². The molecule has 1 saturated heterocycles. The third-order valence-electron chi connectivity index (χ3n) is 5.24. The van der Waals surface area contributed by atoms with Crippen LogP contribution in [0.4, 0.5) is 0 Å². The Bertz CT molecular complexity index is 1030. The summed E-state index contributed by atoms with van der Waals surface area (Å²) in [7, 11) is -3.65. The summed E-state index contributed by atoms with van der Waals surface area (Å²) in [5.74, 6) is -1.15. The molecule has 31 heavy (non-hydrogen) atoms. The highest BCUT2D eigenvalue weighted by Crippen LogP contribution is 2.24. The van der Waals surface area contributed by atoms with Gasteiger partial charge < -0.3 is 10.6 Å². The normalized spacial score (nSPS) is 18.2. The highest BCUT2D eigenvalue weighted by atomic mass is 35.5. The van der Waals surface area contributed by atoms with Crippen LogP contribution in [0.1, 0.15) is 25.3 Å². The number of halogens is 1. The standard InChI is InChI=1S/C22H26ClN3O4S/c1-16(21(27)24-14-17-7-5-9-19(23)13-17)25-22(28)18-8-6-12-26(15-18)31(29,30)20-10-3-2-4-11-20/h2-5,7,9-11,13,16,18H,6,8,12,14-15H2,1H3,(H,24,27)(H,25,28)/t16-,18-/m1/s1. The first-order valence-corrected chi connectivity index (χ1v) is 12.0. The van der Waals surface area contributed by atoms with E-state index >= 15 is 0 Å². The van der Waals surface area contributed by atoms with Gasteiger partial charge in [0, 0.05) is 24.7 Å². The van der Waals surface area contributed by atoms with E-state index in [9.17, 15) is 18.0 Å². The molecule has 166 valence electrons. The fourth-order valence-corrected chi connectivity index (χ4v) is 5.26. The highest BCUT2D eigenvalue weighted by molar-refractivity contribution is 7.89. The predicted octanol–water partition coefficient (Wildman–Crippen LogP) is 2.56. The summed E-state index contributed by atoms with van der Waals surface area (Å²) < 4.78 is 27.0. The van der Waals surface area contributed by atoms with E-state index in [1.807, 2.05) is 6.07 Å². The van der Waals surface area contributed by atoms with Gasteiger partial charge in [-0.15, -0.1) is 0 Å². The number of carbonyl (C=O) groups is 2. The van der Waals surface area contributed by atoms with Crippen LogP contribution in [-0.4, -0.2) is 43.7 Å². The minimum atomic E-state index is -3.65. The number of hydrogen-bond acceptors (Lipinski definition) is 4. The number of hydrogen-bond donors (Lipinski definition) is 2. The van der Waals surface area contributed by atoms with Crippen molar-refractivity contribution in [2.24, 2.45) is 5.92 Å². The van der Waals surface area contributed by atoms with Crippen molar-refractivity contribution in [2.45, 2.75) is 37.2 Å². The lowest BCUT2D eigenvalue weighted by atomic mass is 9.98. The van der Waals surface area contributed by atoms with Gasteiger partial charge in [-0.25, -0.2) is 8.42 Å². The van der Waals surface area contributed by atoms with Crippen LogP contribution in [0.3, 0.4) is 0 Å². The lowest BCUT2D eigenvalue weighted by Gasteiger charge is -2.31. The number of piperidine rings is 1. The van der Waals surface area contributed by atoms with Crippen molar-refractivity contribution in [2.75, 3.05) is 13.1 Å². The van der Waals surface area contributed by atoms with Crippen molar-refractivity contribution in [3.63, 3.8) is 0 Å². The summed E-state index contributed by atoms with van der Waals surface area (Å²) in [6.45, 7) is 2.37. The molecule has 0 saturated carbocycles. The number of benzene rings is 2. The molecular weight excluding hydrogens is 438 g/mol. The van der Waals surface area contributed by atoms with Crippen molar-refractivity contribution < 1.29 is 18.0 Å². The van der Waals surface area contributed by atoms with E-state index in [1.165, 1.54) is 4.31 Å². The van der Waals surface area contributed by atoms with Gasteiger partial charge in [0.05, 0.1) is 10.8 Å². The van der Waals surface area contributed by atoms with Crippen molar-refractivity contribution in [3.8, 4) is 0 Å². The predicted molar refractivity (Wildman–Crippen MR) is 119 cm³/mol. The molecule has 3 rings (SSSR count). The number of rotatable bonds is 7. The number of sulfonamides is 1. The van der Waals surface area contributed by atoms with Gasteiger partial charge in [-0.1, -0.05) is 41.9 Å². The van der Waals surface area contributed by atoms with Gasteiger partial charge in [0.1, 0.15) is 6.04 Å². The van der Waals surface area contributed by atoms with E-state index in [-0.39, 0.29) is 23.3 Å². The van der Waals surface area contributed by atoms with Crippen molar-refractivity contribution in [1.82, 2.24) is 14.9 Å². The number of nitrogens with one attached hydrogen (secondary N) is 2. The molecule has 1 heterocycles. The lowest BCUT2D eigenvalue weighted by Crippen LogP contribution is -2.50. The van der Waals surface area contributed by atoms with Gasteiger partial charge >= 0.3 is 0 Å². The molecule has 2 aromatic rings. The Kier molecular flexibility index (Phi) is 7.69. The number of amides is 2. The van der Waals surface area contributed by atoms with Crippen LogP contribution in [-0.2, 0) is 26.2 Å².